The molecule has 0 spiro atoms. The molecule has 0 aromatic heterocycles. The van der Waals surface area contributed by atoms with E-state index in [9.17, 15) is 18.0 Å². The zero-order valence-corrected chi connectivity index (χ0v) is 14.0. The van der Waals surface area contributed by atoms with Crippen molar-refractivity contribution in [2.75, 3.05) is 57.4 Å². The van der Waals surface area contributed by atoms with E-state index in [0.29, 0.717) is 45.1 Å². The first-order valence-electron chi connectivity index (χ1n) is 8.08. The monoisotopic (exact) mass is 345 g/mol. The topological polar surface area (TPSA) is 87.2 Å². The van der Waals surface area contributed by atoms with Crippen LogP contribution < -0.4 is 0 Å². The number of piperazine rings is 1. The lowest BCUT2D eigenvalue weighted by Gasteiger charge is -2.40. The van der Waals surface area contributed by atoms with Crippen molar-refractivity contribution in [2.24, 2.45) is 0 Å². The molecule has 3 heterocycles. The summed E-state index contributed by atoms with van der Waals surface area (Å²) in [4.78, 5) is 29.1. The van der Waals surface area contributed by atoms with Gasteiger partial charge in [0.05, 0.1) is 18.1 Å². The number of hydrogen-bond acceptors (Lipinski definition) is 6. The Morgan fingerprint density at radius 2 is 1.74 bits per heavy atom. The first-order chi connectivity index (χ1) is 10.9. The maximum Gasteiger partial charge on any atom is 0.410 e. The van der Waals surface area contributed by atoms with Crippen LogP contribution >= 0.6 is 0 Å². The highest BCUT2D eigenvalue weighted by Gasteiger charge is 2.32. The average Bonchev–Trinajstić information content (AvgIpc) is 2.93. The molecule has 0 aromatic rings. The lowest BCUT2D eigenvalue weighted by Crippen LogP contribution is -2.54. The van der Waals surface area contributed by atoms with Crippen molar-refractivity contribution in [3.8, 4) is 0 Å². The number of amides is 2. The first-order valence-corrected chi connectivity index (χ1v) is 9.91. The van der Waals surface area contributed by atoms with Crippen molar-refractivity contribution in [3.63, 3.8) is 0 Å². The molecule has 3 aliphatic heterocycles. The Morgan fingerprint density at radius 1 is 1.09 bits per heavy atom. The van der Waals surface area contributed by atoms with Gasteiger partial charge in [-0.15, -0.1) is 0 Å². The summed E-state index contributed by atoms with van der Waals surface area (Å²) in [5.74, 6) is 0.497. The standard InChI is InChI=1S/C14H23N3O5S/c18-13(11-17-7-8-22-14(17)19)16-5-3-15(4-6-16)12-1-9-23(20,21)10-2-12/h12H,1-11H2. The van der Waals surface area contributed by atoms with Crippen molar-refractivity contribution in [3.05, 3.63) is 0 Å². The van der Waals surface area contributed by atoms with Crippen LogP contribution in [0.3, 0.4) is 0 Å². The molecule has 0 bridgehead atoms. The van der Waals surface area contributed by atoms with Crippen molar-refractivity contribution in [1.82, 2.24) is 14.7 Å². The van der Waals surface area contributed by atoms with Gasteiger partial charge >= 0.3 is 6.09 Å². The molecule has 0 aliphatic carbocycles. The van der Waals surface area contributed by atoms with E-state index in [-0.39, 0.29) is 24.0 Å². The molecule has 0 aromatic carbocycles. The fourth-order valence-electron chi connectivity index (χ4n) is 3.41. The number of sulfone groups is 1. The fraction of sp³-hybridized carbons (Fsp3) is 0.857. The molecule has 3 aliphatic rings. The number of carbonyl (C=O) groups excluding carboxylic acids is 2. The number of hydrogen-bond donors (Lipinski definition) is 0. The van der Waals surface area contributed by atoms with Crippen molar-refractivity contribution in [2.45, 2.75) is 18.9 Å². The van der Waals surface area contributed by atoms with Gasteiger partial charge in [-0.3, -0.25) is 14.6 Å². The molecule has 0 radical (unpaired) electrons. The number of ether oxygens (including phenoxy) is 1. The number of nitrogens with zero attached hydrogens (tertiary/aromatic N) is 3. The van der Waals surface area contributed by atoms with Gasteiger partial charge in [0.2, 0.25) is 5.91 Å². The van der Waals surface area contributed by atoms with Crippen LogP contribution in [0, 0.1) is 0 Å². The van der Waals surface area contributed by atoms with Crippen LogP contribution in [-0.2, 0) is 19.4 Å². The third kappa shape index (κ3) is 3.95. The van der Waals surface area contributed by atoms with Crippen molar-refractivity contribution in [1.29, 1.82) is 0 Å². The Hall–Kier alpha value is -1.35. The highest BCUT2D eigenvalue weighted by Crippen LogP contribution is 2.19. The van der Waals surface area contributed by atoms with Gasteiger partial charge in [0, 0.05) is 32.2 Å². The van der Waals surface area contributed by atoms with Gasteiger partial charge in [-0.05, 0) is 12.8 Å². The molecule has 0 N–H and O–H groups in total. The highest BCUT2D eigenvalue weighted by molar-refractivity contribution is 7.91. The second-order valence-corrected chi connectivity index (χ2v) is 8.64. The Labute approximate surface area is 136 Å². The third-order valence-electron chi connectivity index (χ3n) is 4.88. The van der Waals surface area contributed by atoms with E-state index in [4.69, 9.17) is 4.74 Å². The lowest BCUT2D eigenvalue weighted by atomic mass is 10.1. The Balaban J connectivity index is 1.45. The normalized spacial score (nSPS) is 26.3. The summed E-state index contributed by atoms with van der Waals surface area (Å²) >= 11 is 0. The molecule has 3 rings (SSSR count). The van der Waals surface area contributed by atoms with Gasteiger partial charge in [0.1, 0.15) is 23.0 Å². The van der Waals surface area contributed by atoms with Gasteiger partial charge < -0.3 is 9.64 Å². The summed E-state index contributed by atoms with van der Waals surface area (Å²) < 4.78 is 27.8. The predicted octanol–water partition coefficient (Wildman–Crippen LogP) is -0.840. The summed E-state index contributed by atoms with van der Waals surface area (Å²) in [5.41, 5.74) is 0. The molecule has 3 fully saturated rings. The van der Waals surface area contributed by atoms with E-state index in [1.807, 2.05) is 0 Å². The van der Waals surface area contributed by atoms with Crippen LogP contribution in [0.4, 0.5) is 4.79 Å². The smallest absolute Gasteiger partial charge is 0.410 e. The number of rotatable bonds is 3. The summed E-state index contributed by atoms with van der Waals surface area (Å²) in [7, 11) is -2.84. The van der Waals surface area contributed by atoms with Crippen molar-refractivity contribution < 1.29 is 22.7 Å². The van der Waals surface area contributed by atoms with Crippen LogP contribution in [0.15, 0.2) is 0 Å². The largest absolute Gasteiger partial charge is 0.448 e. The third-order valence-corrected chi connectivity index (χ3v) is 6.59. The van der Waals surface area contributed by atoms with Crippen LogP contribution in [-0.4, -0.2) is 98.5 Å². The minimum atomic E-state index is -2.84. The molecule has 0 atom stereocenters. The van der Waals surface area contributed by atoms with E-state index in [0.717, 1.165) is 13.1 Å². The fourth-order valence-corrected chi connectivity index (χ4v) is 4.88. The molecule has 0 unspecified atom stereocenters. The van der Waals surface area contributed by atoms with Gasteiger partial charge in [0.15, 0.2) is 0 Å². The molecule has 8 nitrogen and oxygen atoms in total. The molecule has 23 heavy (non-hydrogen) atoms. The molecule has 3 saturated heterocycles. The summed E-state index contributed by atoms with van der Waals surface area (Å²) in [6.45, 7) is 3.70. The second kappa shape index (κ2) is 6.64. The van der Waals surface area contributed by atoms with E-state index in [1.165, 1.54) is 4.90 Å². The first kappa shape index (κ1) is 16.5. The van der Waals surface area contributed by atoms with Gasteiger partial charge in [-0.2, -0.15) is 0 Å². The van der Waals surface area contributed by atoms with Gasteiger partial charge in [-0.25, -0.2) is 13.2 Å². The molecular weight excluding hydrogens is 322 g/mol. The number of carbonyl (C=O) groups is 2. The molecular formula is C14H23N3O5S. The average molecular weight is 345 g/mol. The Bertz CT molecular complexity index is 557. The second-order valence-electron chi connectivity index (χ2n) is 6.34. The van der Waals surface area contributed by atoms with Crippen LogP contribution in [0.5, 0.6) is 0 Å². The maximum atomic E-state index is 12.2. The van der Waals surface area contributed by atoms with E-state index in [1.54, 1.807) is 4.90 Å². The van der Waals surface area contributed by atoms with Crippen LogP contribution in [0.25, 0.3) is 0 Å². The lowest BCUT2D eigenvalue weighted by molar-refractivity contribution is -0.133. The zero-order valence-electron chi connectivity index (χ0n) is 13.1. The number of cyclic esters (lactones) is 1. The van der Waals surface area contributed by atoms with E-state index in [2.05, 4.69) is 4.90 Å². The molecule has 9 heteroatoms. The summed E-state index contributed by atoms with van der Waals surface area (Å²) in [6, 6.07) is 0.310. The summed E-state index contributed by atoms with van der Waals surface area (Å²) in [5, 5.41) is 0. The molecule has 2 amide bonds. The van der Waals surface area contributed by atoms with E-state index < -0.39 is 15.9 Å². The highest BCUT2D eigenvalue weighted by atomic mass is 32.2. The van der Waals surface area contributed by atoms with Gasteiger partial charge in [0.25, 0.3) is 0 Å². The van der Waals surface area contributed by atoms with Crippen LogP contribution in [0.2, 0.25) is 0 Å². The minimum absolute atomic E-state index is 0.0466. The Kier molecular flexibility index (Phi) is 4.77. The van der Waals surface area contributed by atoms with Gasteiger partial charge in [-0.1, -0.05) is 0 Å². The van der Waals surface area contributed by atoms with Crippen molar-refractivity contribution >= 4 is 21.8 Å². The molecule has 130 valence electrons. The maximum absolute atomic E-state index is 12.2. The quantitative estimate of drug-likeness (QED) is 0.663. The SMILES string of the molecule is O=C(CN1CCOC1=O)N1CCN(C2CCS(=O)(=O)CC2)CC1. The van der Waals surface area contributed by atoms with Crippen LogP contribution in [0.1, 0.15) is 12.8 Å². The minimum Gasteiger partial charge on any atom is -0.448 e. The predicted molar refractivity (Wildman–Crippen MR) is 82.7 cm³/mol. The molecule has 0 saturated carbocycles. The summed E-state index contributed by atoms with van der Waals surface area (Å²) in [6.07, 6.45) is 0.964. The Morgan fingerprint density at radius 3 is 2.30 bits per heavy atom. The zero-order chi connectivity index (χ0) is 16.4. The van der Waals surface area contributed by atoms with E-state index >= 15 is 0 Å².